The molecule has 21 heavy (non-hydrogen) atoms. The molecule has 2 aromatic carbocycles. The zero-order valence-electron chi connectivity index (χ0n) is 12.8. The maximum absolute atomic E-state index is 6.34. The van der Waals surface area contributed by atoms with Crippen molar-refractivity contribution in [2.45, 2.75) is 57.6 Å². The Morgan fingerprint density at radius 2 is 1.86 bits per heavy atom. The molecule has 0 heterocycles. The molecule has 3 rings (SSSR count). The number of fused-ring (bicyclic) bond motifs is 1. The summed E-state index contributed by atoms with van der Waals surface area (Å²) >= 11 is 0. The minimum absolute atomic E-state index is 0.143. The van der Waals surface area contributed by atoms with E-state index in [0.717, 1.165) is 12.2 Å². The van der Waals surface area contributed by atoms with E-state index in [1.54, 1.807) is 0 Å². The van der Waals surface area contributed by atoms with Crippen LogP contribution in [0.4, 0.5) is 0 Å². The van der Waals surface area contributed by atoms with Crippen molar-refractivity contribution in [3.63, 3.8) is 0 Å². The number of benzene rings is 2. The van der Waals surface area contributed by atoms with Crippen LogP contribution in [0.15, 0.2) is 36.4 Å². The number of rotatable bonds is 4. The van der Waals surface area contributed by atoms with Crippen LogP contribution in [0.5, 0.6) is 5.75 Å². The molecule has 1 fully saturated rings. The van der Waals surface area contributed by atoms with Crippen LogP contribution in [-0.2, 0) is 6.42 Å². The zero-order valence-corrected chi connectivity index (χ0v) is 12.8. The van der Waals surface area contributed by atoms with Gasteiger partial charge in [0, 0.05) is 11.6 Å². The van der Waals surface area contributed by atoms with E-state index in [2.05, 4.69) is 43.3 Å². The Bertz CT molecular complexity index is 600. The van der Waals surface area contributed by atoms with Crippen molar-refractivity contribution in [2.24, 2.45) is 5.73 Å². The van der Waals surface area contributed by atoms with Gasteiger partial charge in [-0.05, 0) is 55.9 Å². The smallest absolute Gasteiger partial charge is 0.123 e. The summed E-state index contributed by atoms with van der Waals surface area (Å²) in [7, 11) is 0. The second-order valence-electron chi connectivity index (χ2n) is 6.32. The van der Waals surface area contributed by atoms with Crippen molar-refractivity contribution >= 4 is 10.8 Å². The summed E-state index contributed by atoms with van der Waals surface area (Å²) in [6.45, 7) is 2.06. The molecule has 2 N–H and O–H groups in total. The van der Waals surface area contributed by atoms with E-state index in [9.17, 15) is 0 Å². The van der Waals surface area contributed by atoms with E-state index in [-0.39, 0.29) is 6.04 Å². The van der Waals surface area contributed by atoms with Gasteiger partial charge >= 0.3 is 0 Å². The molecule has 0 radical (unpaired) electrons. The predicted octanol–water partition coefficient (Wildman–Crippen LogP) is 4.44. The fourth-order valence-corrected chi connectivity index (χ4v) is 3.32. The molecule has 1 unspecified atom stereocenters. The fraction of sp³-hybridized carbons (Fsp3) is 0.474. The highest BCUT2D eigenvalue weighted by molar-refractivity contribution is 5.87. The Kier molecular flexibility index (Phi) is 4.45. The lowest BCUT2D eigenvalue weighted by Gasteiger charge is -2.25. The molecule has 2 aromatic rings. The van der Waals surface area contributed by atoms with E-state index >= 15 is 0 Å². The highest BCUT2D eigenvalue weighted by atomic mass is 16.5. The number of ether oxygens (including phenoxy) is 1. The Labute approximate surface area is 127 Å². The van der Waals surface area contributed by atoms with Gasteiger partial charge in [-0.25, -0.2) is 0 Å². The third-order valence-corrected chi connectivity index (χ3v) is 4.37. The minimum atomic E-state index is 0.143. The first-order chi connectivity index (χ1) is 10.2. The molecular formula is C19H25NO. The highest BCUT2D eigenvalue weighted by Crippen LogP contribution is 2.32. The van der Waals surface area contributed by atoms with Gasteiger partial charge in [0.25, 0.3) is 0 Å². The molecule has 0 aliphatic heterocycles. The second-order valence-corrected chi connectivity index (χ2v) is 6.32. The molecule has 0 spiro atoms. The molecule has 0 saturated heterocycles. The summed E-state index contributed by atoms with van der Waals surface area (Å²) in [6.07, 6.45) is 7.55. The third-order valence-electron chi connectivity index (χ3n) is 4.37. The third kappa shape index (κ3) is 3.38. The first-order valence-electron chi connectivity index (χ1n) is 8.17. The van der Waals surface area contributed by atoms with Gasteiger partial charge in [0.05, 0.1) is 6.10 Å². The highest BCUT2D eigenvalue weighted by Gasteiger charge is 2.18. The normalized spacial score (nSPS) is 17.8. The molecule has 1 aliphatic rings. The average Bonchev–Trinajstić information content (AvgIpc) is 2.50. The van der Waals surface area contributed by atoms with Gasteiger partial charge in [-0.15, -0.1) is 0 Å². The number of nitrogens with two attached hydrogens (primary N) is 1. The minimum Gasteiger partial charge on any atom is -0.490 e. The van der Waals surface area contributed by atoms with Crippen LogP contribution in [0.2, 0.25) is 0 Å². The molecule has 2 nitrogen and oxygen atoms in total. The predicted molar refractivity (Wildman–Crippen MR) is 88.8 cm³/mol. The van der Waals surface area contributed by atoms with Crippen molar-refractivity contribution in [3.05, 3.63) is 42.0 Å². The summed E-state index contributed by atoms with van der Waals surface area (Å²) in [5.74, 6) is 1.04. The summed E-state index contributed by atoms with van der Waals surface area (Å²) in [5.41, 5.74) is 7.33. The van der Waals surface area contributed by atoms with Gasteiger partial charge in [0.15, 0.2) is 0 Å². The van der Waals surface area contributed by atoms with E-state index in [1.165, 1.54) is 48.4 Å². The maximum atomic E-state index is 6.34. The van der Waals surface area contributed by atoms with Crippen molar-refractivity contribution in [2.75, 3.05) is 0 Å². The van der Waals surface area contributed by atoms with Crippen molar-refractivity contribution in [1.29, 1.82) is 0 Å². The van der Waals surface area contributed by atoms with Crippen LogP contribution in [0.25, 0.3) is 10.8 Å². The van der Waals surface area contributed by atoms with E-state index in [4.69, 9.17) is 10.5 Å². The lowest BCUT2D eigenvalue weighted by atomic mass is 9.96. The van der Waals surface area contributed by atoms with Crippen molar-refractivity contribution in [3.8, 4) is 5.75 Å². The molecule has 1 aliphatic carbocycles. The SMILES string of the molecule is CC(N)Cc1c(OC2CCCCC2)ccc2ccccc12. The van der Waals surface area contributed by atoms with Crippen molar-refractivity contribution < 1.29 is 4.74 Å². The molecule has 2 heteroatoms. The summed E-state index contributed by atoms with van der Waals surface area (Å²) in [6, 6.07) is 13.0. The topological polar surface area (TPSA) is 35.2 Å². The first kappa shape index (κ1) is 14.4. The van der Waals surface area contributed by atoms with Crippen LogP contribution in [-0.4, -0.2) is 12.1 Å². The number of hydrogen-bond acceptors (Lipinski definition) is 2. The molecule has 0 aromatic heterocycles. The van der Waals surface area contributed by atoms with Crippen LogP contribution < -0.4 is 10.5 Å². The lowest BCUT2D eigenvalue weighted by Crippen LogP contribution is -2.22. The van der Waals surface area contributed by atoms with Crippen LogP contribution >= 0.6 is 0 Å². The molecule has 1 atom stereocenters. The molecule has 112 valence electrons. The Morgan fingerprint density at radius 3 is 2.62 bits per heavy atom. The Balaban J connectivity index is 1.95. The quantitative estimate of drug-likeness (QED) is 0.900. The number of hydrogen-bond donors (Lipinski definition) is 1. The maximum Gasteiger partial charge on any atom is 0.123 e. The first-order valence-corrected chi connectivity index (χ1v) is 8.17. The van der Waals surface area contributed by atoms with Gasteiger partial charge in [-0.2, -0.15) is 0 Å². The molecule has 1 saturated carbocycles. The van der Waals surface area contributed by atoms with Crippen LogP contribution in [0, 0.1) is 0 Å². The fourth-order valence-electron chi connectivity index (χ4n) is 3.32. The Morgan fingerprint density at radius 1 is 1.10 bits per heavy atom. The monoisotopic (exact) mass is 283 g/mol. The summed E-state index contributed by atoms with van der Waals surface area (Å²) in [5, 5.41) is 2.55. The second kappa shape index (κ2) is 6.48. The summed E-state index contributed by atoms with van der Waals surface area (Å²) in [4.78, 5) is 0. The largest absolute Gasteiger partial charge is 0.490 e. The van der Waals surface area contributed by atoms with E-state index < -0.39 is 0 Å². The lowest BCUT2D eigenvalue weighted by molar-refractivity contribution is 0.153. The van der Waals surface area contributed by atoms with Gasteiger partial charge in [-0.3, -0.25) is 0 Å². The van der Waals surface area contributed by atoms with Gasteiger partial charge in [-0.1, -0.05) is 36.8 Å². The van der Waals surface area contributed by atoms with Crippen molar-refractivity contribution in [1.82, 2.24) is 0 Å². The van der Waals surface area contributed by atoms with Crippen LogP contribution in [0.1, 0.15) is 44.6 Å². The van der Waals surface area contributed by atoms with E-state index in [1.807, 2.05) is 0 Å². The van der Waals surface area contributed by atoms with Gasteiger partial charge < -0.3 is 10.5 Å². The zero-order chi connectivity index (χ0) is 14.7. The standard InChI is InChI=1S/C19H25NO/c1-14(20)13-18-17-10-6-5-7-15(17)11-12-19(18)21-16-8-3-2-4-9-16/h5-7,10-12,14,16H,2-4,8-9,13,20H2,1H3. The van der Waals surface area contributed by atoms with E-state index in [0.29, 0.717) is 6.10 Å². The average molecular weight is 283 g/mol. The molecular weight excluding hydrogens is 258 g/mol. The molecule has 0 bridgehead atoms. The van der Waals surface area contributed by atoms with Gasteiger partial charge in [0.2, 0.25) is 0 Å². The summed E-state index contributed by atoms with van der Waals surface area (Å²) < 4.78 is 6.34. The Hall–Kier alpha value is -1.54. The molecule has 0 amide bonds. The van der Waals surface area contributed by atoms with Gasteiger partial charge in [0.1, 0.15) is 5.75 Å². The van der Waals surface area contributed by atoms with Crippen LogP contribution in [0.3, 0.4) is 0 Å².